The predicted octanol–water partition coefficient (Wildman–Crippen LogP) is 4.24. The Morgan fingerprint density at radius 3 is 2.56 bits per heavy atom. The van der Waals surface area contributed by atoms with Crippen LogP contribution in [0.25, 0.3) is 16.6 Å². The molecule has 1 heterocycles. The highest BCUT2D eigenvalue weighted by molar-refractivity contribution is 8.02. The predicted molar refractivity (Wildman–Crippen MR) is 108 cm³/mol. The Balaban J connectivity index is 2.11. The van der Waals surface area contributed by atoms with Gasteiger partial charge in [-0.3, -0.25) is 9.36 Å². The Kier molecular flexibility index (Phi) is 6.04. The molecule has 3 rings (SSSR count). The number of ether oxygens (including phenoxy) is 1. The molecule has 130 valence electrons. The second-order valence-electron chi connectivity index (χ2n) is 5.32. The van der Waals surface area contributed by atoms with Crippen LogP contribution in [0.5, 0.6) is 5.75 Å². The van der Waals surface area contributed by atoms with E-state index in [9.17, 15) is 4.79 Å². The van der Waals surface area contributed by atoms with E-state index in [-0.39, 0.29) is 5.56 Å². The monoisotopic (exact) mass is 372 g/mol. The number of fused-ring (bicyclic) bond motifs is 1. The molecule has 25 heavy (non-hydrogen) atoms. The van der Waals surface area contributed by atoms with Gasteiger partial charge >= 0.3 is 0 Å². The summed E-state index contributed by atoms with van der Waals surface area (Å²) in [6, 6.07) is 15.1. The van der Waals surface area contributed by atoms with Gasteiger partial charge in [0, 0.05) is 11.5 Å². The van der Waals surface area contributed by atoms with E-state index in [1.54, 1.807) is 28.1 Å². The van der Waals surface area contributed by atoms with Crippen LogP contribution in [0.2, 0.25) is 0 Å². The fourth-order valence-corrected chi connectivity index (χ4v) is 4.17. The lowest BCUT2D eigenvalue weighted by molar-refractivity contribution is 0.340. The molecule has 0 bridgehead atoms. The first-order valence-corrected chi connectivity index (χ1v) is 10.5. The summed E-state index contributed by atoms with van der Waals surface area (Å²) in [5.41, 5.74) is 1.50. The molecule has 6 heteroatoms. The first-order chi connectivity index (χ1) is 12.2. The highest BCUT2D eigenvalue weighted by Gasteiger charge is 2.13. The summed E-state index contributed by atoms with van der Waals surface area (Å²) >= 11 is 3.39. The van der Waals surface area contributed by atoms with Gasteiger partial charge in [-0.1, -0.05) is 23.9 Å². The van der Waals surface area contributed by atoms with Crippen LogP contribution in [0.4, 0.5) is 0 Å². The quantitative estimate of drug-likeness (QED) is 0.353. The number of hydrogen-bond acceptors (Lipinski definition) is 5. The molecule has 0 aliphatic carbocycles. The van der Waals surface area contributed by atoms with Crippen molar-refractivity contribution in [3.63, 3.8) is 0 Å². The summed E-state index contributed by atoms with van der Waals surface area (Å²) in [5, 5.41) is 1.35. The first-order valence-electron chi connectivity index (χ1n) is 8.11. The molecule has 0 aliphatic rings. The lowest BCUT2D eigenvalue weighted by atomic mass is 10.2. The number of thioether (sulfide) groups is 2. The maximum atomic E-state index is 13.1. The molecular formula is C19H20N2O2S2. The van der Waals surface area contributed by atoms with E-state index < -0.39 is 0 Å². The van der Waals surface area contributed by atoms with E-state index in [0.29, 0.717) is 12.0 Å². The minimum Gasteiger partial charge on any atom is -0.494 e. The first kappa shape index (κ1) is 17.9. The molecule has 0 aliphatic heterocycles. The van der Waals surface area contributed by atoms with Gasteiger partial charge in [-0.15, -0.1) is 0 Å². The third-order valence-corrected chi connectivity index (χ3v) is 5.48. The smallest absolute Gasteiger partial charge is 0.266 e. The van der Waals surface area contributed by atoms with Crippen molar-refractivity contribution >= 4 is 34.4 Å². The topological polar surface area (TPSA) is 44.1 Å². The molecule has 4 nitrogen and oxygen atoms in total. The maximum Gasteiger partial charge on any atom is 0.266 e. The van der Waals surface area contributed by atoms with Crippen molar-refractivity contribution < 1.29 is 4.74 Å². The van der Waals surface area contributed by atoms with Gasteiger partial charge in [0.2, 0.25) is 0 Å². The SMILES string of the molecule is CCOc1ccc(-n2c(SCCSC)nc3ccccc3c2=O)cc1. The number of para-hydroxylation sites is 1. The van der Waals surface area contributed by atoms with Crippen LogP contribution in [-0.4, -0.2) is 33.9 Å². The summed E-state index contributed by atoms with van der Waals surface area (Å²) < 4.78 is 7.19. The molecule has 1 aromatic heterocycles. The number of aromatic nitrogens is 2. The third kappa shape index (κ3) is 4.02. The maximum absolute atomic E-state index is 13.1. The molecule has 0 saturated heterocycles. The van der Waals surface area contributed by atoms with Crippen molar-refractivity contribution in [3.8, 4) is 11.4 Å². The third-order valence-electron chi connectivity index (χ3n) is 3.67. The Morgan fingerprint density at radius 2 is 1.84 bits per heavy atom. The molecule has 0 fully saturated rings. The summed E-state index contributed by atoms with van der Waals surface area (Å²) in [4.78, 5) is 17.8. The average molecular weight is 373 g/mol. The summed E-state index contributed by atoms with van der Waals surface area (Å²) in [7, 11) is 0. The van der Waals surface area contributed by atoms with Crippen LogP contribution >= 0.6 is 23.5 Å². The van der Waals surface area contributed by atoms with E-state index in [4.69, 9.17) is 9.72 Å². The van der Waals surface area contributed by atoms with E-state index >= 15 is 0 Å². The number of nitrogens with zero attached hydrogens (tertiary/aromatic N) is 2. The summed E-state index contributed by atoms with van der Waals surface area (Å²) in [6.45, 7) is 2.57. The zero-order valence-corrected chi connectivity index (χ0v) is 15.9. The Morgan fingerprint density at radius 1 is 1.08 bits per heavy atom. The highest BCUT2D eigenvalue weighted by atomic mass is 32.2. The van der Waals surface area contributed by atoms with E-state index in [1.807, 2.05) is 55.5 Å². The molecule has 0 amide bonds. The Hall–Kier alpha value is -1.92. The molecule has 2 aromatic carbocycles. The van der Waals surface area contributed by atoms with E-state index in [0.717, 1.165) is 33.6 Å². The van der Waals surface area contributed by atoms with Crippen LogP contribution in [0.15, 0.2) is 58.5 Å². The fourth-order valence-electron chi connectivity index (χ4n) is 2.51. The van der Waals surface area contributed by atoms with Crippen LogP contribution in [0.1, 0.15) is 6.92 Å². The highest BCUT2D eigenvalue weighted by Crippen LogP contribution is 2.23. The van der Waals surface area contributed by atoms with Gasteiger partial charge in [0.25, 0.3) is 5.56 Å². The van der Waals surface area contributed by atoms with Crippen molar-refractivity contribution in [3.05, 3.63) is 58.9 Å². The minimum atomic E-state index is -0.0404. The normalized spacial score (nSPS) is 11.0. The summed E-state index contributed by atoms with van der Waals surface area (Å²) in [6.07, 6.45) is 2.08. The van der Waals surface area contributed by atoms with Gasteiger partial charge in [-0.05, 0) is 49.6 Å². The number of benzene rings is 2. The molecule has 0 radical (unpaired) electrons. The van der Waals surface area contributed by atoms with Crippen molar-refractivity contribution in [1.82, 2.24) is 9.55 Å². The summed E-state index contributed by atoms with van der Waals surface area (Å²) in [5.74, 6) is 2.71. The van der Waals surface area contributed by atoms with Gasteiger partial charge < -0.3 is 4.74 Å². The molecule has 0 atom stereocenters. The van der Waals surface area contributed by atoms with Gasteiger partial charge in [0.15, 0.2) is 5.16 Å². The molecular weight excluding hydrogens is 352 g/mol. The largest absolute Gasteiger partial charge is 0.494 e. The van der Waals surface area contributed by atoms with Crippen molar-refractivity contribution in [2.75, 3.05) is 24.4 Å². The van der Waals surface area contributed by atoms with Gasteiger partial charge in [-0.2, -0.15) is 11.8 Å². The van der Waals surface area contributed by atoms with Crippen molar-refractivity contribution in [1.29, 1.82) is 0 Å². The Bertz CT molecular complexity index is 907. The second kappa shape index (κ2) is 8.45. The zero-order valence-electron chi connectivity index (χ0n) is 14.3. The molecule has 0 spiro atoms. The van der Waals surface area contributed by atoms with Crippen LogP contribution in [-0.2, 0) is 0 Å². The van der Waals surface area contributed by atoms with E-state index in [1.165, 1.54) is 0 Å². The number of hydrogen-bond donors (Lipinski definition) is 0. The van der Waals surface area contributed by atoms with Crippen molar-refractivity contribution in [2.45, 2.75) is 12.1 Å². The van der Waals surface area contributed by atoms with Crippen LogP contribution < -0.4 is 10.3 Å². The lowest BCUT2D eigenvalue weighted by Gasteiger charge is -2.13. The molecule has 0 unspecified atom stereocenters. The van der Waals surface area contributed by atoms with Gasteiger partial charge in [0.1, 0.15) is 5.75 Å². The zero-order chi connectivity index (χ0) is 17.6. The molecule has 3 aromatic rings. The van der Waals surface area contributed by atoms with Gasteiger partial charge in [0.05, 0.1) is 23.2 Å². The standard InChI is InChI=1S/C19H20N2O2S2/c1-3-23-15-10-8-14(9-11-15)21-18(22)16-6-4-5-7-17(16)20-19(21)25-13-12-24-2/h4-11H,3,12-13H2,1-2H3. The van der Waals surface area contributed by atoms with E-state index in [2.05, 4.69) is 6.26 Å². The molecule has 0 saturated carbocycles. The van der Waals surface area contributed by atoms with Gasteiger partial charge in [-0.25, -0.2) is 4.98 Å². The van der Waals surface area contributed by atoms with Crippen molar-refractivity contribution in [2.24, 2.45) is 0 Å². The molecule has 0 N–H and O–H groups in total. The lowest BCUT2D eigenvalue weighted by Crippen LogP contribution is -2.21. The number of rotatable bonds is 7. The van der Waals surface area contributed by atoms with Crippen LogP contribution in [0.3, 0.4) is 0 Å². The Labute approximate surface area is 155 Å². The second-order valence-corrected chi connectivity index (χ2v) is 7.37. The van der Waals surface area contributed by atoms with Crippen LogP contribution in [0, 0.1) is 0 Å². The average Bonchev–Trinajstić information content (AvgIpc) is 2.63. The fraction of sp³-hybridized carbons (Fsp3) is 0.263. The minimum absolute atomic E-state index is 0.0404.